The average Bonchev–Trinajstić information content (AvgIpc) is 2.39. The summed E-state index contributed by atoms with van der Waals surface area (Å²) in [6, 6.07) is 8.19. The normalized spacial score (nSPS) is 20.1. The summed E-state index contributed by atoms with van der Waals surface area (Å²) in [5.74, 6) is 0. The molecule has 1 atom stereocenters. The van der Waals surface area contributed by atoms with Crippen LogP contribution in [0.4, 0.5) is 4.79 Å². The highest BCUT2D eigenvalue weighted by molar-refractivity contribution is 5.67. The van der Waals surface area contributed by atoms with E-state index in [0.717, 1.165) is 5.56 Å². The summed E-state index contributed by atoms with van der Waals surface area (Å²) in [4.78, 5) is 13.1. The van der Waals surface area contributed by atoms with Crippen LogP contribution in [0.5, 0.6) is 0 Å². The summed E-state index contributed by atoms with van der Waals surface area (Å²) in [7, 11) is 1.40. The largest absolute Gasteiger partial charge is 0.453 e. The quantitative estimate of drug-likeness (QED) is 0.748. The van der Waals surface area contributed by atoms with Gasteiger partial charge in [0, 0.05) is 6.54 Å². The average molecular weight is 235 g/mol. The van der Waals surface area contributed by atoms with Gasteiger partial charge in [-0.3, -0.25) is 0 Å². The molecule has 0 N–H and O–H groups in total. The van der Waals surface area contributed by atoms with Crippen molar-refractivity contribution in [3.63, 3.8) is 0 Å². The number of hydrogen-bond acceptors (Lipinski definition) is 3. The number of hydrogen-bond donors (Lipinski definition) is 0. The van der Waals surface area contributed by atoms with E-state index in [1.807, 2.05) is 19.1 Å². The summed E-state index contributed by atoms with van der Waals surface area (Å²) in [6.45, 7) is 3.74. The molecule has 17 heavy (non-hydrogen) atoms. The van der Waals surface area contributed by atoms with Gasteiger partial charge in [-0.1, -0.05) is 29.8 Å². The highest BCUT2D eigenvalue weighted by atomic mass is 16.5. The molecule has 4 heteroatoms. The first-order chi connectivity index (χ1) is 8.20. The first-order valence-electron chi connectivity index (χ1n) is 5.72. The van der Waals surface area contributed by atoms with Crippen LogP contribution in [0.3, 0.4) is 0 Å². The fourth-order valence-electron chi connectivity index (χ4n) is 1.93. The Labute approximate surface area is 101 Å². The molecule has 92 valence electrons. The minimum Gasteiger partial charge on any atom is -0.453 e. The maximum absolute atomic E-state index is 11.4. The van der Waals surface area contributed by atoms with Crippen molar-refractivity contribution in [2.75, 3.05) is 26.8 Å². The van der Waals surface area contributed by atoms with Gasteiger partial charge < -0.3 is 14.4 Å². The van der Waals surface area contributed by atoms with Crippen molar-refractivity contribution in [2.45, 2.75) is 13.0 Å². The summed E-state index contributed by atoms with van der Waals surface area (Å²) < 4.78 is 10.4. The Hall–Kier alpha value is -1.55. The molecule has 0 radical (unpaired) electrons. The van der Waals surface area contributed by atoms with E-state index in [1.165, 1.54) is 12.7 Å². The number of morpholine rings is 1. The second-order valence-corrected chi connectivity index (χ2v) is 4.19. The Morgan fingerprint density at radius 2 is 2.12 bits per heavy atom. The molecule has 4 nitrogen and oxygen atoms in total. The number of rotatable bonds is 1. The van der Waals surface area contributed by atoms with Crippen molar-refractivity contribution >= 4 is 6.09 Å². The Bertz CT molecular complexity index is 388. The molecule has 1 heterocycles. The molecule has 0 saturated carbocycles. The zero-order valence-electron chi connectivity index (χ0n) is 10.2. The van der Waals surface area contributed by atoms with E-state index in [-0.39, 0.29) is 12.2 Å². The second kappa shape index (κ2) is 5.19. The number of benzene rings is 1. The molecule has 1 aliphatic rings. The smallest absolute Gasteiger partial charge is 0.409 e. The van der Waals surface area contributed by atoms with Gasteiger partial charge in [-0.15, -0.1) is 0 Å². The van der Waals surface area contributed by atoms with Gasteiger partial charge in [-0.05, 0) is 12.5 Å². The van der Waals surface area contributed by atoms with Gasteiger partial charge in [0.15, 0.2) is 0 Å². The first kappa shape index (κ1) is 11.9. The summed E-state index contributed by atoms with van der Waals surface area (Å²) in [5, 5.41) is 0. The van der Waals surface area contributed by atoms with Crippen LogP contribution in [0.1, 0.15) is 17.2 Å². The lowest BCUT2D eigenvalue weighted by atomic mass is 10.1. The molecule has 0 unspecified atom stereocenters. The zero-order valence-corrected chi connectivity index (χ0v) is 10.2. The van der Waals surface area contributed by atoms with E-state index in [2.05, 4.69) is 12.1 Å². The standard InChI is InChI=1S/C13H17NO3/c1-10-3-5-11(6-4-10)12-9-14(7-8-17-12)13(15)16-2/h3-6,12H,7-9H2,1-2H3/t12-/m0/s1. The maximum Gasteiger partial charge on any atom is 0.409 e. The third-order valence-corrected chi connectivity index (χ3v) is 2.95. The van der Waals surface area contributed by atoms with Crippen molar-refractivity contribution in [1.82, 2.24) is 4.90 Å². The lowest BCUT2D eigenvalue weighted by Crippen LogP contribution is -2.42. The lowest BCUT2D eigenvalue weighted by molar-refractivity contribution is -0.0258. The Kier molecular flexibility index (Phi) is 3.64. The SMILES string of the molecule is COC(=O)N1CCO[C@H](c2ccc(C)cc2)C1. The van der Waals surface area contributed by atoms with Gasteiger partial charge in [-0.25, -0.2) is 4.79 Å². The molecular formula is C13H17NO3. The Balaban J connectivity index is 2.06. The van der Waals surface area contributed by atoms with Crippen LogP contribution in [0, 0.1) is 6.92 Å². The number of carbonyl (C=O) groups excluding carboxylic acids is 1. The predicted octanol–water partition coefficient (Wildman–Crippen LogP) is 2.13. The molecule has 1 aromatic rings. The number of methoxy groups -OCH3 is 1. The summed E-state index contributed by atoms with van der Waals surface area (Å²) in [5.41, 5.74) is 2.32. The molecule has 1 saturated heterocycles. The van der Waals surface area contributed by atoms with Crippen molar-refractivity contribution in [1.29, 1.82) is 0 Å². The van der Waals surface area contributed by atoms with Gasteiger partial charge >= 0.3 is 6.09 Å². The van der Waals surface area contributed by atoms with Crippen LogP contribution < -0.4 is 0 Å². The highest BCUT2D eigenvalue weighted by Crippen LogP contribution is 2.22. The molecular weight excluding hydrogens is 218 g/mol. The van der Waals surface area contributed by atoms with E-state index >= 15 is 0 Å². The van der Waals surface area contributed by atoms with Crippen molar-refractivity contribution in [3.05, 3.63) is 35.4 Å². The molecule has 1 aromatic carbocycles. The topological polar surface area (TPSA) is 38.8 Å². The number of aryl methyl sites for hydroxylation is 1. The molecule has 1 amide bonds. The van der Waals surface area contributed by atoms with Crippen LogP contribution in [-0.2, 0) is 9.47 Å². The molecule has 1 fully saturated rings. The number of carbonyl (C=O) groups is 1. The van der Waals surface area contributed by atoms with Gasteiger partial charge in [-0.2, -0.15) is 0 Å². The summed E-state index contributed by atoms with van der Waals surface area (Å²) in [6.07, 6.45) is -0.339. The van der Waals surface area contributed by atoms with E-state index in [0.29, 0.717) is 19.7 Å². The van der Waals surface area contributed by atoms with Crippen molar-refractivity contribution in [2.24, 2.45) is 0 Å². The number of amides is 1. The molecule has 0 aromatic heterocycles. The van der Waals surface area contributed by atoms with Gasteiger partial charge in [0.25, 0.3) is 0 Å². The molecule has 0 aliphatic carbocycles. The van der Waals surface area contributed by atoms with E-state index in [1.54, 1.807) is 4.90 Å². The Morgan fingerprint density at radius 3 is 2.76 bits per heavy atom. The van der Waals surface area contributed by atoms with Crippen molar-refractivity contribution in [3.8, 4) is 0 Å². The van der Waals surface area contributed by atoms with Crippen LogP contribution in [0.25, 0.3) is 0 Å². The molecule has 0 spiro atoms. The molecule has 0 bridgehead atoms. The fourth-order valence-corrected chi connectivity index (χ4v) is 1.93. The van der Waals surface area contributed by atoms with Gasteiger partial charge in [0.2, 0.25) is 0 Å². The second-order valence-electron chi connectivity index (χ2n) is 4.19. The van der Waals surface area contributed by atoms with Crippen LogP contribution in [0.2, 0.25) is 0 Å². The van der Waals surface area contributed by atoms with E-state index in [4.69, 9.17) is 9.47 Å². The summed E-state index contributed by atoms with van der Waals surface area (Å²) >= 11 is 0. The van der Waals surface area contributed by atoms with Crippen LogP contribution in [0.15, 0.2) is 24.3 Å². The van der Waals surface area contributed by atoms with E-state index < -0.39 is 0 Å². The lowest BCUT2D eigenvalue weighted by Gasteiger charge is -2.32. The fraction of sp³-hybridized carbons (Fsp3) is 0.462. The molecule has 2 rings (SSSR count). The monoisotopic (exact) mass is 235 g/mol. The minimum absolute atomic E-state index is 0.0524. The Morgan fingerprint density at radius 1 is 1.41 bits per heavy atom. The molecule has 1 aliphatic heterocycles. The van der Waals surface area contributed by atoms with Gasteiger partial charge in [0.1, 0.15) is 6.10 Å². The highest BCUT2D eigenvalue weighted by Gasteiger charge is 2.25. The zero-order chi connectivity index (χ0) is 12.3. The van der Waals surface area contributed by atoms with Crippen molar-refractivity contribution < 1.29 is 14.3 Å². The third kappa shape index (κ3) is 2.77. The van der Waals surface area contributed by atoms with Gasteiger partial charge in [0.05, 0.1) is 20.3 Å². The third-order valence-electron chi connectivity index (χ3n) is 2.95. The van der Waals surface area contributed by atoms with Crippen LogP contribution >= 0.6 is 0 Å². The number of nitrogens with zero attached hydrogens (tertiary/aromatic N) is 1. The van der Waals surface area contributed by atoms with E-state index in [9.17, 15) is 4.79 Å². The number of ether oxygens (including phenoxy) is 2. The van der Waals surface area contributed by atoms with Crippen LogP contribution in [-0.4, -0.2) is 37.8 Å². The first-order valence-corrected chi connectivity index (χ1v) is 5.72. The maximum atomic E-state index is 11.4. The predicted molar refractivity (Wildman–Crippen MR) is 63.9 cm³/mol. The minimum atomic E-state index is -0.287.